The lowest BCUT2D eigenvalue weighted by Gasteiger charge is -2.26. The molecule has 1 aliphatic rings. The van der Waals surface area contributed by atoms with Crippen LogP contribution in [0.3, 0.4) is 0 Å². The molecule has 1 aliphatic heterocycles. The van der Waals surface area contributed by atoms with Crippen molar-refractivity contribution in [3.63, 3.8) is 0 Å². The number of benzene rings is 8. The summed E-state index contributed by atoms with van der Waals surface area (Å²) in [6.07, 6.45) is 4.34. The first kappa shape index (κ1) is 30.3. The van der Waals surface area contributed by atoms with Crippen LogP contribution in [-0.4, -0.2) is 15.0 Å². The van der Waals surface area contributed by atoms with Crippen molar-refractivity contribution < 1.29 is 4.42 Å². The van der Waals surface area contributed by atoms with Crippen molar-refractivity contribution in [2.75, 3.05) is 4.90 Å². The summed E-state index contributed by atoms with van der Waals surface area (Å²) in [5.74, 6) is 1.91. The van der Waals surface area contributed by atoms with E-state index < -0.39 is 0 Å². The maximum atomic E-state index is 6.90. The highest BCUT2D eigenvalue weighted by atomic mass is 16.3. The third-order valence-corrected chi connectivity index (χ3v) is 10.5. The minimum absolute atomic E-state index is 0.632. The third-order valence-electron chi connectivity index (χ3n) is 10.5. The molecule has 54 heavy (non-hydrogen) atoms. The first-order chi connectivity index (χ1) is 26.8. The fourth-order valence-electron chi connectivity index (χ4n) is 8.02. The largest absolute Gasteiger partial charge is 0.454 e. The van der Waals surface area contributed by atoms with Crippen molar-refractivity contribution in [2.24, 2.45) is 0 Å². The Labute approximate surface area is 311 Å². The van der Waals surface area contributed by atoms with Gasteiger partial charge in [0.1, 0.15) is 5.58 Å². The van der Waals surface area contributed by atoms with Crippen molar-refractivity contribution in [3.05, 3.63) is 182 Å². The average Bonchev–Trinajstić information content (AvgIpc) is 3.63. The molecule has 5 heteroatoms. The Kier molecular flexibility index (Phi) is 6.79. The second-order valence-corrected chi connectivity index (χ2v) is 13.6. The van der Waals surface area contributed by atoms with E-state index in [2.05, 4.69) is 126 Å². The second kappa shape index (κ2) is 12.1. The molecule has 0 N–H and O–H groups in total. The van der Waals surface area contributed by atoms with Gasteiger partial charge in [0.25, 0.3) is 0 Å². The predicted octanol–water partition coefficient (Wildman–Crippen LogP) is 12.9. The zero-order valence-electron chi connectivity index (χ0n) is 29.0. The Hall–Kier alpha value is -7.37. The van der Waals surface area contributed by atoms with Gasteiger partial charge in [-0.15, -0.1) is 0 Å². The van der Waals surface area contributed by atoms with Crippen LogP contribution < -0.4 is 4.90 Å². The molecule has 0 spiro atoms. The van der Waals surface area contributed by atoms with E-state index in [0.717, 1.165) is 71.9 Å². The molecule has 0 radical (unpaired) electrons. The molecule has 11 rings (SSSR count). The summed E-state index contributed by atoms with van der Waals surface area (Å²) >= 11 is 0. The molecule has 2 aromatic heterocycles. The van der Waals surface area contributed by atoms with Crippen LogP contribution >= 0.6 is 0 Å². The van der Waals surface area contributed by atoms with E-state index in [9.17, 15) is 0 Å². The SMILES string of the molecule is C1=CN(c2ccccc2)c2c3oc4cccc(-c5ccc(-c6nc(-c7ccccc7)nc(-c7ccccc7)n6)c6ccccc56)c4c3cc3cccc1c23. The van der Waals surface area contributed by atoms with E-state index in [1.807, 2.05) is 60.7 Å². The zero-order chi connectivity index (χ0) is 35.6. The molecule has 8 aromatic carbocycles. The molecular formula is C49H30N4O. The van der Waals surface area contributed by atoms with Crippen LogP contribution in [0.4, 0.5) is 11.4 Å². The van der Waals surface area contributed by atoms with E-state index in [1.165, 1.54) is 16.3 Å². The maximum Gasteiger partial charge on any atom is 0.164 e. The highest BCUT2D eigenvalue weighted by Gasteiger charge is 2.25. The van der Waals surface area contributed by atoms with Gasteiger partial charge in [-0.05, 0) is 69.3 Å². The van der Waals surface area contributed by atoms with Crippen LogP contribution in [0, 0.1) is 0 Å². The first-order valence-electron chi connectivity index (χ1n) is 18.1. The molecule has 0 aliphatic carbocycles. The Morgan fingerprint density at radius 2 is 1.06 bits per heavy atom. The average molecular weight is 691 g/mol. The standard InChI is InChI=1S/C49H30N4O/c1-4-14-32(15-5-1)47-50-48(33-16-6-2-7-17-33)52-49(51-47)40-27-26-38(36-22-10-11-23-37(36)40)39-24-13-25-42-44(39)41-30-34-19-12-18-31-28-29-53(35-20-8-3-9-21-35)45(43(31)34)46(41)54-42/h1-30H. The summed E-state index contributed by atoms with van der Waals surface area (Å²) in [5.41, 5.74) is 10.1. The van der Waals surface area contributed by atoms with Crippen LogP contribution in [0.15, 0.2) is 180 Å². The molecule has 5 nitrogen and oxygen atoms in total. The number of rotatable bonds is 5. The van der Waals surface area contributed by atoms with Crippen molar-refractivity contribution in [1.82, 2.24) is 15.0 Å². The van der Waals surface area contributed by atoms with E-state index >= 15 is 0 Å². The topological polar surface area (TPSA) is 55.1 Å². The lowest BCUT2D eigenvalue weighted by Crippen LogP contribution is -2.12. The smallest absolute Gasteiger partial charge is 0.164 e. The molecule has 10 aromatic rings. The Bertz CT molecular complexity index is 3040. The van der Waals surface area contributed by atoms with E-state index in [-0.39, 0.29) is 0 Å². The van der Waals surface area contributed by atoms with Gasteiger partial charge in [0.2, 0.25) is 0 Å². The quantitative estimate of drug-likeness (QED) is 0.180. The number of fused-ring (bicyclic) bond motifs is 5. The highest BCUT2D eigenvalue weighted by Crippen LogP contribution is 2.49. The number of furan rings is 1. The molecule has 0 saturated carbocycles. The van der Waals surface area contributed by atoms with E-state index in [1.54, 1.807) is 0 Å². The number of para-hydroxylation sites is 1. The normalized spacial score (nSPS) is 12.3. The Morgan fingerprint density at radius 3 is 1.78 bits per heavy atom. The molecular weight excluding hydrogens is 661 g/mol. The number of nitrogens with zero attached hydrogens (tertiary/aromatic N) is 4. The van der Waals surface area contributed by atoms with Crippen molar-refractivity contribution in [2.45, 2.75) is 0 Å². The van der Waals surface area contributed by atoms with Gasteiger partial charge < -0.3 is 9.32 Å². The summed E-state index contributed by atoms with van der Waals surface area (Å²) in [5, 5.41) is 6.72. The minimum atomic E-state index is 0.632. The summed E-state index contributed by atoms with van der Waals surface area (Å²) in [4.78, 5) is 17.3. The zero-order valence-corrected chi connectivity index (χ0v) is 29.0. The van der Waals surface area contributed by atoms with Crippen LogP contribution in [0.25, 0.3) is 94.8 Å². The molecule has 0 amide bonds. The lowest BCUT2D eigenvalue weighted by atomic mass is 9.91. The predicted molar refractivity (Wildman–Crippen MR) is 221 cm³/mol. The highest BCUT2D eigenvalue weighted by molar-refractivity contribution is 6.24. The molecule has 0 saturated heterocycles. The van der Waals surface area contributed by atoms with Crippen LogP contribution in [-0.2, 0) is 0 Å². The van der Waals surface area contributed by atoms with Gasteiger partial charge in [-0.2, -0.15) is 0 Å². The van der Waals surface area contributed by atoms with Crippen LogP contribution in [0.5, 0.6) is 0 Å². The summed E-state index contributed by atoms with van der Waals surface area (Å²) < 4.78 is 6.90. The fourth-order valence-corrected chi connectivity index (χ4v) is 8.02. The molecule has 0 bridgehead atoms. The summed E-state index contributed by atoms with van der Waals surface area (Å²) in [6.45, 7) is 0. The van der Waals surface area contributed by atoms with Gasteiger partial charge in [0, 0.05) is 44.7 Å². The minimum Gasteiger partial charge on any atom is -0.454 e. The Balaban J connectivity index is 1.14. The monoisotopic (exact) mass is 690 g/mol. The van der Waals surface area contributed by atoms with Crippen molar-refractivity contribution in [3.8, 4) is 45.3 Å². The summed E-state index contributed by atoms with van der Waals surface area (Å²) in [6, 6.07) is 58.8. The van der Waals surface area contributed by atoms with Gasteiger partial charge in [-0.25, -0.2) is 15.0 Å². The number of hydrogen-bond donors (Lipinski definition) is 0. The Morgan fingerprint density at radius 1 is 0.444 bits per heavy atom. The lowest BCUT2D eigenvalue weighted by molar-refractivity contribution is 0.669. The summed E-state index contributed by atoms with van der Waals surface area (Å²) in [7, 11) is 0. The van der Waals surface area contributed by atoms with Crippen molar-refractivity contribution >= 4 is 60.9 Å². The van der Waals surface area contributed by atoms with Crippen LogP contribution in [0.2, 0.25) is 0 Å². The molecule has 3 heterocycles. The van der Waals surface area contributed by atoms with Gasteiger partial charge in [0.05, 0.1) is 5.69 Å². The van der Waals surface area contributed by atoms with Gasteiger partial charge >= 0.3 is 0 Å². The first-order valence-corrected chi connectivity index (χ1v) is 18.1. The number of anilines is 2. The van der Waals surface area contributed by atoms with Crippen LogP contribution in [0.1, 0.15) is 5.56 Å². The molecule has 0 atom stereocenters. The molecule has 252 valence electrons. The van der Waals surface area contributed by atoms with Gasteiger partial charge in [-0.3, -0.25) is 0 Å². The number of aromatic nitrogens is 3. The van der Waals surface area contributed by atoms with Gasteiger partial charge in [-0.1, -0.05) is 140 Å². The second-order valence-electron chi connectivity index (χ2n) is 13.6. The molecule has 0 unspecified atom stereocenters. The molecule has 0 fully saturated rings. The number of hydrogen-bond acceptors (Lipinski definition) is 5. The third kappa shape index (κ3) is 4.76. The maximum absolute atomic E-state index is 6.90. The van der Waals surface area contributed by atoms with Gasteiger partial charge in [0.15, 0.2) is 23.1 Å². The van der Waals surface area contributed by atoms with E-state index in [4.69, 9.17) is 19.4 Å². The van der Waals surface area contributed by atoms with Crippen molar-refractivity contribution in [1.29, 1.82) is 0 Å². The fraction of sp³-hybridized carbons (Fsp3) is 0. The van der Waals surface area contributed by atoms with E-state index in [0.29, 0.717) is 17.5 Å².